The van der Waals surface area contributed by atoms with Crippen molar-refractivity contribution < 1.29 is 18.6 Å². The highest BCUT2D eigenvalue weighted by molar-refractivity contribution is 5.51. The first-order valence-corrected chi connectivity index (χ1v) is 6.36. The quantitative estimate of drug-likeness (QED) is 0.882. The Morgan fingerprint density at radius 3 is 2.65 bits per heavy atom. The van der Waals surface area contributed by atoms with Gasteiger partial charge in [0.15, 0.2) is 18.1 Å². The number of ether oxygens (including phenoxy) is 3. The molecule has 0 saturated carbocycles. The van der Waals surface area contributed by atoms with Crippen LogP contribution in [0.1, 0.15) is 24.3 Å². The molecule has 106 valence electrons. The van der Waals surface area contributed by atoms with Gasteiger partial charge in [0.2, 0.25) is 12.7 Å². The summed E-state index contributed by atoms with van der Waals surface area (Å²) in [5.41, 5.74) is 6.55. The molecule has 0 unspecified atom stereocenters. The molecule has 2 aromatic rings. The lowest BCUT2D eigenvalue weighted by molar-refractivity contribution is 0.173. The Hall–Kier alpha value is -2.28. The molecule has 0 bridgehead atoms. The van der Waals surface area contributed by atoms with Crippen LogP contribution in [0.3, 0.4) is 0 Å². The van der Waals surface area contributed by atoms with E-state index in [0.29, 0.717) is 42.0 Å². The van der Waals surface area contributed by atoms with Crippen LogP contribution in [0.25, 0.3) is 0 Å². The predicted octanol–water partition coefficient (Wildman–Crippen LogP) is 1.40. The second kappa shape index (κ2) is 5.38. The topological polar surface area (TPSA) is 92.6 Å². The highest BCUT2D eigenvalue weighted by Gasteiger charge is 2.18. The molecule has 0 fully saturated rings. The monoisotopic (exact) mass is 277 g/mol. The molecule has 2 heterocycles. The normalized spacial score (nSPS) is 12.7. The molecule has 7 heteroatoms. The van der Waals surface area contributed by atoms with E-state index in [4.69, 9.17) is 24.4 Å². The zero-order chi connectivity index (χ0) is 13.9. The molecule has 0 aliphatic carbocycles. The van der Waals surface area contributed by atoms with Crippen molar-refractivity contribution >= 4 is 0 Å². The molecule has 20 heavy (non-hydrogen) atoms. The number of rotatable bonds is 5. The smallest absolute Gasteiger partial charge is 0.253 e. The average Bonchev–Trinajstić information content (AvgIpc) is 3.12. The largest absolute Gasteiger partial charge is 0.483 e. The summed E-state index contributed by atoms with van der Waals surface area (Å²) < 4.78 is 21.7. The van der Waals surface area contributed by atoms with Gasteiger partial charge in [0.05, 0.1) is 0 Å². The summed E-state index contributed by atoms with van der Waals surface area (Å²) in [5, 5.41) is 7.78. The minimum atomic E-state index is 0.194. The zero-order valence-electron chi connectivity index (χ0n) is 11.1. The first-order valence-electron chi connectivity index (χ1n) is 6.36. The van der Waals surface area contributed by atoms with E-state index in [9.17, 15) is 0 Å². The standard InChI is InChI=1S/C13H15N3O4/c1-2-12-15-16-13(20-12)6-17-9-4-11-10(18-7-19-11)3-8(9)5-14/h3-4H,2,5-7,14H2,1H3. The summed E-state index contributed by atoms with van der Waals surface area (Å²) in [6.07, 6.45) is 0.699. The maximum Gasteiger partial charge on any atom is 0.253 e. The third-order valence-electron chi connectivity index (χ3n) is 2.94. The number of fused-ring (bicyclic) bond motifs is 1. The fourth-order valence-corrected chi connectivity index (χ4v) is 1.89. The van der Waals surface area contributed by atoms with Gasteiger partial charge in [-0.1, -0.05) is 6.92 Å². The lowest BCUT2D eigenvalue weighted by Gasteiger charge is -2.09. The molecule has 7 nitrogen and oxygen atoms in total. The Kier molecular flexibility index (Phi) is 3.42. The van der Waals surface area contributed by atoms with Gasteiger partial charge in [-0.25, -0.2) is 0 Å². The minimum Gasteiger partial charge on any atom is -0.483 e. The van der Waals surface area contributed by atoms with Crippen molar-refractivity contribution in [1.82, 2.24) is 10.2 Å². The molecule has 0 saturated heterocycles. The van der Waals surface area contributed by atoms with Gasteiger partial charge in [0.1, 0.15) is 5.75 Å². The number of hydrogen-bond donors (Lipinski definition) is 1. The van der Waals surface area contributed by atoms with Gasteiger partial charge in [-0.15, -0.1) is 10.2 Å². The van der Waals surface area contributed by atoms with Crippen LogP contribution >= 0.6 is 0 Å². The van der Waals surface area contributed by atoms with E-state index < -0.39 is 0 Å². The Morgan fingerprint density at radius 2 is 1.95 bits per heavy atom. The summed E-state index contributed by atoms with van der Waals surface area (Å²) in [6.45, 7) is 2.70. The Morgan fingerprint density at radius 1 is 1.20 bits per heavy atom. The fourth-order valence-electron chi connectivity index (χ4n) is 1.89. The predicted molar refractivity (Wildman–Crippen MR) is 68.5 cm³/mol. The number of nitrogens with zero attached hydrogens (tertiary/aromatic N) is 2. The first kappa shape index (κ1) is 12.7. The van der Waals surface area contributed by atoms with E-state index in [2.05, 4.69) is 10.2 Å². The van der Waals surface area contributed by atoms with Gasteiger partial charge >= 0.3 is 0 Å². The number of aryl methyl sites for hydroxylation is 1. The summed E-state index contributed by atoms with van der Waals surface area (Å²) in [7, 11) is 0. The zero-order valence-corrected chi connectivity index (χ0v) is 11.1. The second-order valence-electron chi connectivity index (χ2n) is 4.25. The van der Waals surface area contributed by atoms with Crippen LogP contribution in [0.2, 0.25) is 0 Å². The van der Waals surface area contributed by atoms with E-state index in [1.54, 1.807) is 6.07 Å². The Bertz CT molecular complexity index is 612. The number of nitrogens with two attached hydrogens (primary N) is 1. The minimum absolute atomic E-state index is 0.194. The lowest BCUT2D eigenvalue weighted by Crippen LogP contribution is -2.03. The lowest BCUT2D eigenvalue weighted by atomic mass is 10.2. The number of aromatic nitrogens is 2. The number of hydrogen-bond acceptors (Lipinski definition) is 7. The molecular weight excluding hydrogens is 262 g/mol. The molecule has 0 radical (unpaired) electrons. The molecule has 1 aromatic heterocycles. The summed E-state index contributed by atoms with van der Waals surface area (Å²) in [5.74, 6) is 2.99. The van der Waals surface area contributed by atoms with E-state index >= 15 is 0 Å². The van der Waals surface area contributed by atoms with Crippen LogP contribution in [0.15, 0.2) is 16.5 Å². The first-order chi connectivity index (χ1) is 9.80. The molecule has 0 amide bonds. The van der Waals surface area contributed by atoms with E-state index in [1.807, 2.05) is 13.0 Å². The number of benzene rings is 1. The van der Waals surface area contributed by atoms with E-state index in [-0.39, 0.29) is 13.4 Å². The highest BCUT2D eigenvalue weighted by atomic mass is 16.7. The Balaban J connectivity index is 1.76. The van der Waals surface area contributed by atoms with Crippen molar-refractivity contribution in [3.8, 4) is 17.2 Å². The van der Waals surface area contributed by atoms with Crippen molar-refractivity contribution in [2.45, 2.75) is 26.5 Å². The van der Waals surface area contributed by atoms with Crippen molar-refractivity contribution in [2.24, 2.45) is 5.73 Å². The SMILES string of the molecule is CCc1nnc(COc2cc3c(cc2CN)OCO3)o1. The van der Waals surface area contributed by atoms with Crippen molar-refractivity contribution in [2.75, 3.05) is 6.79 Å². The molecule has 2 N–H and O–H groups in total. The van der Waals surface area contributed by atoms with Gasteiger partial charge in [-0.3, -0.25) is 0 Å². The van der Waals surface area contributed by atoms with Gasteiger partial charge in [0, 0.05) is 24.6 Å². The van der Waals surface area contributed by atoms with E-state index in [1.165, 1.54) is 0 Å². The Labute approximate surface area is 115 Å². The third-order valence-corrected chi connectivity index (χ3v) is 2.94. The van der Waals surface area contributed by atoms with Crippen molar-refractivity contribution in [1.29, 1.82) is 0 Å². The van der Waals surface area contributed by atoms with Crippen molar-refractivity contribution in [3.05, 3.63) is 29.5 Å². The third kappa shape index (κ3) is 2.39. The van der Waals surface area contributed by atoms with Crippen molar-refractivity contribution in [3.63, 3.8) is 0 Å². The van der Waals surface area contributed by atoms with Crippen LogP contribution in [0.4, 0.5) is 0 Å². The molecule has 1 aliphatic heterocycles. The summed E-state index contributed by atoms with van der Waals surface area (Å²) >= 11 is 0. The maximum absolute atomic E-state index is 5.71. The second-order valence-corrected chi connectivity index (χ2v) is 4.25. The molecule has 3 rings (SSSR count). The van der Waals surface area contributed by atoms with Crippen LogP contribution in [0, 0.1) is 0 Å². The van der Waals surface area contributed by atoms with Crippen LogP contribution < -0.4 is 19.9 Å². The molecule has 0 atom stereocenters. The fraction of sp³-hybridized carbons (Fsp3) is 0.385. The van der Waals surface area contributed by atoms with Gasteiger partial charge in [0.25, 0.3) is 5.89 Å². The van der Waals surface area contributed by atoms with Gasteiger partial charge in [-0.2, -0.15) is 0 Å². The molecule has 1 aromatic carbocycles. The van der Waals surface area contributed by atoms with Crippen LogP contribution in [-0.4, -0.2) is 17.0 Å². The van der Waals surface area contributed by atoms with Gasteiger partial charge in [-0.05, 0) is 6.07 Å². The average molecular weight is 277 g/mol. The van der Waals surface area contributed by atoms with Gasteiger partial charge < -0.3 is 24.4 Å². The van der Waals surface area contributed by atoms with Crippen LogP contribution in [-0.2, 0) is 19.6 Å². The molecule has 1 aliphatic rings. The molecular formula is C13H15N3O4. The summed E-state index contributed by atoms with van der Waals surface area (Å²) in [6, 6.07) is 3.59. The van der Waals surface area contributed by atoms with E-state index in [0.717, 1.165) is 5.56 Å². The maximum atomic E-state index is 5.71. The molecule has 0 spiro atoms. The highest BCUT2D eigenvalue weighted by Crippen LogP contribution is 2.38. The van der Waals surface area contributed by atoms with Crippen LogP contribution in [0.5, 0.6) is 17.2 Å². The summed E-state index contributed by atoms with van der Waals surface area (Å²) in [4.78, 5) is 0.